The zero-order valence-electron chi connectivity index (χ0n) is 10.5. The monoisotopic (exact) mass is 282 g/mol. The van der Waals surface area contributed by atoms with Crippen LogP contribution in [0.25, 0.3) is 10.8 Å². The molecule has 1 aromatic heterocycles. The van der Waals surface area contributed by atoms with E-state index in [1.165, 1.54) is 4.90 Å². The lowest BCUT2D eigenvalue weighted by atomic mass is 10.1. The van der Waals surface area contributed by atoms with E-state index in [1.54, 1.807) is 18.2 Å². The fourth-order valence-corrected chi connectivity index (χ4v) is 2.26. The molecule has 98 valence electrons. The topological polar surface area (TPSA) is 33.2 Å². The molecule has 0 spiro atoms. The molecule has 0 aliphatic carbocycles. The van der Waals surface area contributed by atoms with Crippen molar-refractivity contribution in [1.82, 2.24) is 4.98 Å². The third-order valence-electron chi connectivity index (χ3n) is 3.06. The third-order valence-corrected chi connectivity index (χ3v) is 3.27. The number of hydrogen-bond donors (Lipinski definition) is 0. The Bertz CT molecular complexity index is 773. The maximum atomic E-state index is 11.4. The Kier molecular flexibility index (Phi) is 3.35. The molecule has 0 fully saturated rings. The number of pyridine rings is 1. The Morgan fingerprint density at radius 2 is 1.75 bits per heavy atom. The Morgan fingerprint density at radius 3 is 2.50 bits per heavy atom. The first-order valence-corrected chi connectivity index (χ1v) is 6.51. The smallest absolute Gasteiger partial charge is 0.219 e. The van der Waals surface area contributed by atoms with Gasteiger partial charge in [-0.15, -0.1) is 0 Å². The van der Waals surface area contributed by atoms with Gasteiger partial charge in [0, 0.05) is 0 Å². The van der Waals surface area contributed by atoms with Crippen molar-refractivity contribution in [2.24, 2.45) is 0 Å². The van der Waals surface area contributed by atoms with E-state index in [-0.39, 0.29) is 0 Å². The maximum absolute atomic E-state index is 11.4. The molecule has 3 aromatic rings. The first kappa shape index (κ1) is 12.6. The molecule has 0 saturated carbocycles. The fraction of sp³-hybridized carbons (Fsp3) is 0. The normalized spacial score (nSPS) is 10.4. The van der Waals surface area contributed by atoms with Crippen LogP contribution < -0.4 is 4.90 Å². The average molecular weight is 283 g/mol. The van der Waals surface area contributed by atoms with Gasteiger partial charge in [-0.3, -0.25) is 9.69 Å². The van der Waals surface area contributed by atoms with Gasteiger partial charge in [-0.1, -0.05) is 48.0 Å². The van der Waals surface area contributed by atoms with Crippen LogP contribution in [0.1, 0.15) is 0 Å². The number of carbonyl (C=O) groups is 1. The van der Waals surface area contributed by atoms with Crippen molar-refractivity contribution in [3.8, 4) is 0 Å². The number of halogens is 1. The molecule has 0 aliphatic rings. The van der Waals surface area contributed by atoms with E-state index in [0.29, 0.717) is 11.0 Å². The second kappa shape index (κ2) is 5.31. The van der Waals surface area contributed by atoms with Crippen LogP contribution in [0, 0.1) is 0 Å². The number of fused-ring (bicyclic) bond motifs is 1. The Balaban J connectivity index is 2.09. The number of rotatable bonds is 3. The fourth-order valence-electron chi connectivity index (χ4n) is 2.11. The Hall–Kier alpha value is -2.39. The predicted molar refractivity (Wildman–Crippen MR) is 81.4 cm³/mol. The molecule has 1 heterocycles. The van der Waals surface area contributed by atoms with E-state index in [2.05, 4.69) is 4.98 Å². The molecule has 20 heavy (non-hydrogen) atoms. The lowest BCUT2D eigenvalue weighted by molar-refractivity contribution is -0.106. The summed E-state index contributed by atoms with van der Waals surface area (Å²) >= 11 is 5.87. The number of aromatic nitrogens is 1. The van der Waals surface area contributed by atoms with Gasteiger partial charge < -0.3 is 0 Å². The van der Waals surface area contributed by atoms with Crippen LogP contribution in [-0.4, -0.2) is 11.4 Å². The van der Waals surface area contributed by atoms with E-state index < -0.39 is 0 Å². The van der Waals surface area contributed by atoms with Crippen molar-refractivity contribution in [3.63, 3.8) is 0 Å². The molecule has 0 radical (unpaired) electrons. The highest BCUT2D eigenvalue weighted by Gasteiger charge is 2.10. The van der Waals surface area contributed by atoms with Crippen LogP contribution in [0.3, 0.4) is 0 Å². The highest BCUT2D eigenvalue weighted by molar-refractivity contribution is 6.29. The molecular weight excluding hydrogens is 272 g/mol. The van der Waals surface area contributed by atoms with E-state index in [1.807, 2.05) is 42.5 Å². The van der Waals surface area contributed by atoms with Crippen molar-refractivity contribution in [3.05, 3.63) is 65.8 Å². The molecule has 3 nitrogen and oxygen atoms in total. The van der Waals surface area contributed by atoms with Crippen molar-refractivity contribution >= 4 is 40.3 Å². The van der Waals surface area contributed by atoms with Crippen molar-refractivity contribution in [1.29, 1.82) is 0 Å². The Labute approximate surface area is 121 Å². The molecule has 0 atom stereocenters. The minimum atomic E-state index is 0.357. The van der Waals surface area contributed by atoms with Crippen LogP contribution in [0.2, 0.25) is 5.15 Å². The van der Waals surface area contributed by atoms with Crippen LogP contribution in [0.5, 0.6) is 0 Å². The molecule has 0 aliphatic heterocycles. The Morgan fingerprint density at radius 1 is 0.950 bits per heavy atom. The molecule has 0 saturated heterocycles. The summed E-state index contributed by atoms with van der Waals surface area (Å²) in [5.74, 6) is 0.503. The second-order valence-electron chi connectivity index (χ2n) is 4.33. The van der Waals surface area contributed by atoms with Gasteiger partial charge in [0.2, 0.25) is 6.41 Å². The number of hydrogen-bond acceptors (Lipinski definition) is 2. The number of amides is 1. The summed E-state index contributed by atoms with van der Waals surface area (Å²) in [6.07, 6.45) is 0.739. The summed E-state index contributed by atoms with van der Waals surface area (Å²) in [5, 5.41) is 2.55. The van der Waals surface area contributed by atoms with Gasteiger partial charge in [0.25, 0.3) is 0 Å². The molecule has 0 bridgehead atoms. The van der Waals surface area contributed by atoms with Crippen LogP contribution >= 0.6 is 11.6 Å². The van der Waals surface area contributed by atoms with E-state index in [9.17, 15) is 4.79 Å². The minimum absolute atomic E-state index is 0.357. The van der Waals surface area contributed by atoms with Crippen molar-refractivity contribution in [2.75, 3.05) is 4.90 Å². The second-order valence-corrected chi connectivity index (χ2v) is 4.71. The number of anilines is 2. The standard InChI is InChI=1S/C16H11ClN2O/c17-15-6-3-7-16(18-15)19(11-20)14-9-8-12-4-1-2-5-13(12)10-14/h1-11H. The summed E-state index contributed by atoms with van der Waals surface area (Å²) in [4.78, 5) is 17.0. The van der Waals surface area contributed by atoms with E-state index in [0.717, 1.165) is 22.9 Å². The van der Waals surface area contributed by atoms with Gasteiger partial charge in [-0.05, 0) is 35.0 Å². The molecule has 0 N–H and O–H groups in total. The number of carbonyl (C=O) groups excluding carboxylic acids is 1. The summed E-state index contributed by atoms with van der Waals surface area (Å²) in [6, 6.07) is 19.0. The molecule has 1 amide bonds. The summed E-state index contributed by atoms with van der Waals surface area (Å²) in [7, 11) is 0. The van der Waals surface area contributed by atoms with E-state index in [4.69, 9.17) is 11.6 Å². The zero-order valence-corrected chi connectivity index (χ0v) is 11.3. The summed E-state index contributed by atoms with van der Waals surface area (Å²) < 4.78 is 0. The SMILES string of the molecule is O=CN(c1ccc2ccccc2c1)c1cccc(Cl)n1. The summed E-state index contributed by atoms with van der Waals surface area (Å²) in [6.45, 7) is 0. The minimum Gasteiger partial charge on any atom is -0.278 e. The van der Waals surface area contributed by atoms with Crippen LogP contribution in [-0.2, 0) is 4.79 Å². The molecule has 2 aromatic carbocycles. The van der Waals surface area contributed by atoms with Gasteiger partial charge in [0.15, 0.2) is 0 Å². The summed E-state index contributed by atoms with van der Waals surface area (Å²) in [5.41, 5.74) is 0.758. The van der Waals surface area contributed by atoms with Gasteiger partial charge in [-0.25, -0.2) is 4.98 Å². The predicted octanol–water partition coefficient (Wildman–Crippen LogP) is 4.18. The number of benzene rings is 2. The van der Waals surface area contributed by atoms with Gasteiger partial charge in [0.05, 0.1) is 5.69 Å². The number of nitrogens with zero attached hydrogens (tertiary/aromatic N) is 2. The third kappa shape index (κ3) is 2.36. The largest absolute Gasteiger partial charge is 0.278 e. The van der Waals surface area contributed by atoms with Crippen LogP contribution in [0.15, 0.2) is 60.7 Å². The van der Waals surface area contributed by atoms with Crippen molar-refractivity contribution < 1.29 is 4.79 Å². The zero-order chi connectivity index (χ0) is 13.9. The molecule has 4 heteroatoms. The van der Waals surface area contributed by atoms with Gasteiger partial charge >= 0.3 is 0 Å². The molecule has 0 unspecified atom stereocenters. The molecular formula is C16H11ClN2O. The van der Waals surface area contributed by atoms with E-state index >= 15 is 0 Å². The molecule has 3 rings (SSSR count). The lowest BCUT2D eigenvalue weighted by Gasteiger charge is -2.17. The highest BCUT2D eigenvalue weighted by atomic mass is 35.5. The van der Waals surface area contributed by atoms with Crippen LogP contribution in [0.4, 0.5) is 11.5 Å². The van der Waals surface area contributed by atoms with Gasteiger partial charge in [0.1, 0.15) is 11.0 Å². The quantitative estimate of drug-likeness (QED) is 0.533. The first-order chi connectivity index (χ1) is 9.78. The van der Waals surface area contributed by atoms with Gasteiger partial charge in [-0.2, -0.15) is 0 Å². The lowest BCUT2D eigenvalue weighted by Crippen LogP contribution is -2.15. The highest BCUT2D eigenvalue weighted by Crippen LogP contribution is 2.26. The van der Waals surface area contributed by atoms with Crippen molar-refractivity contribution in [2.45, 2.75) is 0 Å². The first-order valence-electron chi connectivity index (χ1n) is 6.14. The maximum Gasteiger partial charge on any atom is 0.219 e. The average Bonchev–Trinajstić information content (AvgIpc) is 2.48.